The van der Waals surface area contributed by atoms with Crippen LogP contribution in [-0.2, 0) is 5.54 Å². The minimum Gasteiger partial charge on any atom is -0.335 e. The van der Waals surface area contributed by atoms with E-state index < -0.39 is 0 Å². The van der Waals surface area contributed by atoms with Gasteiger partial charge in [-0.1, -0.05) is 66.7 Å². The number of rotatable bonds is 0. The summed E-state index contributed by atoms with van der Waals surface area (Å²) in [6.45, 7) is 6.88. The van der Waals surface area contributed by atoms with Gasteiger partial charge >= 0.3 is 0 Å². The van der Waals surface area contributed by atoms with Crippen LogP contribution in [0.2, 0.25) is 0 Å². The van der Waals surface area contributed by atoms with Crippen molar-refractivity contribution in [3.8, 4) is 0 Å². The number of hydrogen-bond acceptors (Lipinski definition) is 0. The molecule has 0 spiro atoms. The second kappa shape index (κ2) is 4.86. The van der Waals surface area contributed by atoms with Gasteiger partial charge in [0.25, 0.3) is 0 Å². The molecule has 0 N–H and O–H groups in total. The van der Waals surface area contributed by atoms with E-state index in [4.69, 9.17) is 0 Å². The van der Waals surface area contributed by atoms with E-state index in [2.05, 4.69) is 98.1 Å². The van der Waals surface area contributed by atoms with Gasteiger partial charge in [0.2, 0.25) is 0 Å². The Morgan fingerprint density at radius 1 is 0.560 bits per heavy atom. The SMILES string of the molecule is CC(C)(C)n1c2ccccc2c2c3ccccc3c3ccccc3c21. The van der Waals surface area contributed by atoms with Gasteiger partial charge in [0.05, 0.1) is 5.52 Å². The Labute approximate surface area is 147 Å². The highest BCUT2D eigenvalue weighted by Gasteiger charge is 2.23. The molecule has 0 saturated heterocycles. The fourth-order valence-corrected chi connectivity index (χ4v) is 4.32. The van der Waals surface area contributed by atoms with Crippen molar-refractivity contribution in [2.24, 2.45) is 0 Å². The lowest BCUT2D eigenvalue weighted by Crippen LogP contribution is -2.21. The highest BCUT2D eigenvalue weighted by atomic mass is 15.0. The Morgan fingerprint density at radius 3 is 1.68 bits per heavy atom. The lowest BCUT2D eigenvalue weighted by atomic mass is 9.96. The molecule has 4 aromatic carbocycles. The van der Waals surface area contributed by atoms with Crippen LogP contribution in [0.5, 0.6) is 0 Å². The van der Waals surface area contributed by atoms with Crippen LogP contribution in [0.1, 0.15) is 20.8 Å². The van der Waals surface area contributed by atoms with Crippen LogP contribution in [-0.4, -0.2) is 4.57 Å². The second-order valence-electron chi connectivity index (χ2n) is 7.84. The van der Waals surface area contributed by atoms with E-state index in [0.29, 0.717) is 0 Å². The van der Waals surface area contributed by atoms with Gasteiger partial charge in [0, 0.05) is 27.2 Å². The molecule has 0 aliphatic rings. The fraction of sp³-hybridized carbons (Fsp3) is 0.167. The average Bonchev–Trinajstić information content (AvgIpc) is 2.98. The van der Waals surface area contributed by atoms with Gasteiger partial charge in [0.1, 0.15) is 0 Å². The van der Waals surface area contributed by atoms with Crippen LogP contribution < -0.4 is 0 Å². The summed E-state index contributed by atoms with van der Waals surface area (Å²) in [6.07, 6.45) is 0. The molecule has 0 amide bonds. The quantitative estimate of drug-likeness (QED) is 0.274. The molecule has 0 aliphatic heterocycles. The van der Waals surface area contributed by atoms with Gasteiger partial charge in [0.15, 0.2) is 0 Å². The van der Waals surface area contributed by atoms with Gasteiger partial charge in [-0.05, 0) is 43.0 Å². The van der Waals surface area contributed by atoms with Crippen molar-refractivity contribution in [3.63, 3.8) is 0 Å². The van der Waals surface area contributed by atoms with Crippen LogP contribution in [0.25, 0.3) is 43.4 Å². The molecule has 0 saturated carbocycles. The Bertz CT molecular complexity index is 1270. The monoisotopic (exact) mass is 323 g/mol. The van der Waals surface area contributed by atoms with Crippen molar-refractivity contribution in [2.75, 3.05) is 0 Å². The molecule has 1 heteroatoms. The van der Waals surface area contributed by atoms with Crippen LogP contribution in [0.15, 0.2) is 72.8 Å². The van der Waals surface area contributed by atoms with Gasteiger partial charge in [-0.3, -0.25) is 0 Å². The smallest absolute Gasteiger partial charge is 0.0582 e. The minimum absolute atomic E-state index is 0.00653. The molecule has 5 rings (SSSR count). The zero-order valence-electron chi connectivity index (χ0n) is 14.9. The summed E-state index contributed by atoms with van der Waals surface area (Å²) in [5.74, 6) is 0. The standard InChI is InChI=1S/C24H21N/c1-24(2,3)25-21-15-9-8-14-20(21)22-18-12-6-4-10-16(18)17-11-5-7-13-19(17)23(22)25/h4-15H,1-3H3. The van der Waals surface area contributed by atoms with Crippen LogP contribution in [0.3, 0.4) is 0 Å². The Morgan fingerprint density at radius 2 is 1.04 bits per heavy atom. The summed E-state index contributed by atoms with van der Waals surface area (Å²) in [7, 11) is 0. The molecule has 122 valence electrons. The van der Waals surface area contributed by atoms with Crippen LogP contribution >= 0.6 is 0 Å². The average molecular weight is 323 g/mol. The van der Waals surface area contributed by atoms with Crippen molar-refractivity contribution in [1.29, 1.82) is 0 Å². The van der Waals surface area contributed by atoms with Crippen molar-refractivity contribution in [1.82, 2.24) is 4.57 Å². The number of benzene rings is 4. The van der Waals surface area contributed by atoms with Crippen molar-refractivity contribution in [3.05, 3.63) is 72.8 Å². The van der Waals surface area contributed by atoms with Crippen LogP contribution in [0.4, 0.5) is 0 Å². The normalized spacial score (nSPS) is 12.6. The molecule has 0 atom stereocenters. The Hall–Kier alpha value is -2.80. The first-order valence-electron chi connectivity index (χ1n) is 8.90. The predicted molar refractivity (Wildman–Crippen MR) is 109 cm³/mol. The molecule has 1 nitrogen and oxygen atoms in total. The molecular weight excluding hydrogens is 302 g/mol. The summed E-state index contributed by atoms with van der Waals surface area (Å²) in [6, 6.07) is 26.4. The molecule has 0 radical (unpaired) electrons. The summed E-state index contributed by atoms with van der Waals surface area (Å²) < 4.78 is 2.52. The molecular formula is C24H21N. The first kappa shape index (κ1) is 14.5. The lowest BCUT2D eigenvalue weighted by molar-refractivity contribution is 0.424. The Kier molecular flexibility index (Phi) is 2.82. The summed E-state index contributed by atoms with van der Waals surface area (Å²) in [4.78, 5) is 0. The predicted octanol–water partition coefficient (Wildman–Crippen LogP) is 6.86. The maximum Gasteiger partial charge on any atom is 0.0582 e. The molecule has 0 bridgehead atoms. The van der Waals surface area contributed by atoms with E-state index in [1.165, 1.54) is 43.4 Å². The molecule has 25 heavy (non-hydrogen) atoms. The van der Waals surface area contributed by atoms with Crippen molar-refractivity contribution in [2.45, 2.75) is 26.3 Å². The van der Waals surface area contributed by atoms with E-state index in [9.17, 15) is 0 Å². The molecule has 1 aromatic heterocycles. The minimum atomic E-state index is 0.00653. The highest BCUT2D eigenvalue weighted by molar-refractivity contribution is 6.31. The second-order valence-corrected chi connectivity index (χ2v) is 7.84. The molecule has 0 fully saturated rings. The number of fused-ring (bicyclic) bond motifs is 8. The summed E-state index contributed by atoms with van der Waals surface area (Å²) in [5, 5.41) is 8.06. The third kappa shape index (κ3) is 1.90. The summed E-state index contributed by atoms with van der Waals surface area (Å²) in [5.41, 5.74) is 2.67. The maximum absolute atomic E-state index is 2.52. The van der Waals surface area contributed by atoms with Gasteiger partial charge in [-0.15, -0.1) is 0 Å². The zero-order valence-corrected chi connectivity index (χ0v) is 14.9. The lowest BCUT2D eigenvalue weighted by Gasteiger charge is -2.25. The van der Waals surface area contributed by atoms with E-state index in [1.54, 1.807) is 0 Å². The molecule has 1 heterocycles. The third-order valence-electron chi connectivity index (χ3n) is 5.21. The molecule has 0 unspecified atom stereocenters. The fourth-order valence-electron chi connectivity index (χ4n) is 4.32. The van der Waals surface area contributed by atoms with E-state index in [0.717, 1.165) is 0 Å². The zero-order chi connectivity index (χ0) is 17.2. The van der Waals surface area contributed by atoms with Crippen LogP contribution in [0, 0.1) is 0 Å². The first-order valence-corrected chi connectivity index (χ1v) is 8.90. The molecule has 5 aromatic rings. The topological polar surface area (TPSA) is 4.93 Å². The van der Waals surface area contributed by atoms with Gasteiger partial charge in [-0.25, -0.2) is 0 Å². The van der Waals surface area contributed by atoms with Crippen molar-refractivity contribution < 1.29 is 0 Å². The third-order valence-corrected chi connectivity index (χ3v) is 5.21. The number of hydrogen-bond donors (Lipinski definition) is 0. The highest BCUT2D eigenvalue weighted by Crippen LogP contribution is 2.42. The van der Waals surface area contributed by atoms with E-state index >= 15 is 0 Å². The van der Waals surface area contributed by atoms with Gasteiger partial charge < -0.3 is 4.57 Å². The van der Waals surface area contributed by atoms with E-state index in [1.807, 2.05) is 0 Å². The van der Waals surface area contributed by atoms with Gasteiger partial charge in [-0.2, -0.15) is 0 Å². The number of para-hydroxylation sites is 1. The number of nitrogens with zero attached hydrogens (tertiary/aromatic N) is 1. The molecule has 0 aliphatic carbocycles. The maximum atomic E-state index is 2.52. The van der Waals surface area contributed by atoms with E-state index in [-0.39, 0.29) is 5.54 Å². The van der Waals surface area contributed by atoms with Crippen molar-refractivity contribution >= 4 is 43.4 Å². The number of aromatic nitrogens is 1. The Balaban J connectivity index is 2.25. The summed E-state index contributed by atoms with van der Waals surface area (Å²) >= 11 is 0. The largest absolute Gasteiger partial charge is 0.335 e. The first-order chi connectivity index (χ1) is 12.1.